The molecule has 0 aliphatic carbocycles. The summed E-state index contributed by atoms with van der Waals surface area (Å²) in [6.07, 6.45) is 1.99. The SMILES string of the molecule is N#Cc1ccc(CSc2nc(-c3ccc(Cl)cc3Cl)cn2-c2ccccc2)cc1. The van der Waals surface area contributed by atoms with E-state index in [1.165, 1.54) is 0 Å². The van der Waals surface area contributed by atoms with Crippen LogP contribution in [0, 0.1) is 11.3 Å². The second-order valence-corrected chi connectivity index (χ2v) is 8.12. The van der Waals surface area contributed by atoms with Crippen molar-refractivity contribution >= 4 is 35.0 Å². The van der Waals surface area contributed by atoms with E-state index in [1.54, 1.807) is 17.8 Å². The number of imidazole rings is 1. The number of hydrogen-bond acceptors (Lipinski definition) is 3. The third kappa shape index (κ3) is 4.49. The number of aromatic nitrogens is 2. The Hall–Kier alpha value is -2.71. The number of rotatable bonds is 5. The third-order valence-corrected chi connectivity index (χ3v) is 5.94. The Morgan fingerprint density at radius 1 is 0.966 bits per heavy atom. The van der Waals surface area contributed by atoms with Gasteiger partial charge in [-0.25, -0.2) is 4.98 Å². The van der Waals surface area contributed by atoms with E-state index < -0.39 is 0 Å². The van der Waals surface area contributed by atoms with E-state index in [0.29, 0.717) is 15.6 Å². The van der Waals surface area contributed by atoms with Gasteiger partial charge < -0.3 is 0 Å². The van der Waals surface area contributed by atoms with E-state index in [4.69, 9.17) is 33.4 Å². The Morgan fingerprint density at radius 3 is 2.41 bits per heavy atom. The van der Waals surface area contributed by atoms with E-state index >= 15 is 0 Å². The first-order valence-electron chi connectivity index (χ1n) is 8.86. The van der Waals surface area contributed by atoms with Crippen molar-refractivity contribution < 1.29 is 0 Å². The van der Waals surface area contributed by atoms with E-state index in [0.717, 1.165) is 33.4 Å². The Labute approximate surface area is 183 Å². The van der Waals surface area contributed by atoms with Gasteiger partial charge in [0, 0.05) is 28.2 Å². The van der Waals surface area contributed by atoms with Gasteiger partial charge in [0.1, 0.15) is 0 Å². The fourth-order valence-corrected chi connectivity index (χ4v) is 4.34. The molecule has 0 saturated heterocycles. The Kier molecular flexibility index (Phi) is 5.92. The van der Waals surface area contributed by atoms with Crippen LogP contribution in [0.1, 0.15) is 11.1 Å². The Bertz CT molecular complexity index is 1180. The molecule has 0 bridgehead atoms. The van der Waals surface area contributed by atoms with Gasteiger partial charge in [-0.05, 0) is 48.0 Å². The summed E-state index contributed by atoms with van der Waals surface area (Å²) >= 11 is 14.1. The number of hydrogen-bond donors (Lipinski definition) is 0. The maximum atomic E-state index is 8.96. The van der Waals surface area contributed by atoms with Crippen LogP contribution in [-0.2, 0) is 5.75 Å². The molecule has 0 aliphatic heterocycles. The summed E-state index contributed by atoms with van der Waals surface area (Å²) in [6.45, 7) is 0. The highest BCUT2D eigenvalue weighted by atomic mass is 35.5. The summed E-state index contributed by atoms with van der Waals surface area (Å²) < 4.78 is 2.06. The molecule has 0 fully saturated rings. The van der Waals surface area contributed by atoms with Crippen LogP contribution in [0.4, 0.5) is 0 Å². The summed E-state index contributed by atoms with van der Waals surface area (Å²) in [6, 6.07) is 25.2. The molecular formula is C23H15Cl2N3S. The first kappa shape index (κ1) is 19.6. The molecule has 0 N–H and O–H groups in total. The maximum absolute atomic E-state index is 8.96. The lowest BCUT2D eigenvalue weighted by Gasteiger charge is -2.07. The molecule has 0 radical (unpaired) electrons. The van der Waals surface area contributed by atoms with Gasteiger partial charge in [-0.3, -0.25) is 4.57 Å². The van der Waals surface area contributed by atoms with Crippen LogP contribution >= 0.6 is 35.0 Å². The molecule has 1 heterocycles. The molecule has 0 atom stereocenters. The summed E-state index contributed by atoms with van der Waals surface area (Å²) in [5, 5.41) is 11.0. The normalized spacial score (nSPS) is 10.7. The van der Waals surface area contributed by atoms with Crippen molar-refractivity contribution in [3.05, 3.63) is 100 Å². The summed E-state index contributed by atoms with van der Waals surface area (Å²) in [5.41, 5.74) is 4.44. The van der Waals surface area contributed by atoms with Gasteiger partial charge in [0.05, 0.1) is 22.3 Å². The smallest absolute Gasteiger partial charge is 0.173 e. The molecular weight excluding hydrogens is 421 g/mol. The zero-order valence-corrected chi connectivity index (χ0v) is 17.5. The van der Waals surface area contributed by atoms with Crippen LogP contribution in [0.2, 0.25) is 10.0 Å². The Morgan fingerprint density at radius 2 is 1.72 bits per heavy atom. The maximum Gasteiger partial charge on any atom is 0.173 e. The van der Waals surface area contributed by atoms with E-state index in [9.17, 15) is 0 Å². The third-order valence-electron chi connectivity index (χ3n) is 4.37. The van der Waals surface area contributed by atoms with Crippen molar-refractivity contribution in [2.24, 2.45) is 0 Å². The number of nitriles is 1. The molecule has 0 amide bonds. The molecule has 0 unspecified atom stereocenters. The molecule has 0 saturated carbocycles. The first-order valence-corrected chi connectivity index (χ1v) is 10.6. The lowest BCUT2D eigenvalue weighted by Crippen LogP contribution is -1.94. The van der Waals surface area contributed by atoms with E-state index in [2.05, 4.69) is 10.6 Å². The van der Waals surface area contributed by atoms with Gasteiger partial charge in [-0.1, -0.05) is 65.3 Å². The highest BCUT2D eigenvalue weighted by Gasteiger charge is 2.14. The number of thioether (sulfide) groups is 1. The first-order chi connectivity index (χ1) is 14.1. The number of halogens is 2. The van der Waals surface area contributed by atoms with Crippen molar-refractivity contribution in [1.29, 1.82) is 5.26 Å². The van der Waals surface area contributed by atoms with Crippen molar-refractivity contribution in [3.8, 4) is 23.0 Å². The second kappa shape index (κ2) is 8.75. The minimum absolute atomic E-state index is 0.568. The molecule has 3 nitrogen and oxygen atoms in total. The van der Waals surface area contributed by atoms with E-state index in [1.807, 2.05) is 72.9 Å². The Balaban J connectivity index is 1.69. The molecule has 142 valence electrons. The largest absolute Gasteiger partial charge is 0.294 e. The van der Waals surface area contributed by atoms with E-state index in [-0.39, 0.29) is 0 Å². The number of nitrogens with zero attached hydrogens (tertiary/aromatic N) is 3. The average molecular weight is 436 g/mol. The van der Waals surface area contributed by atoms with Crippen molar-refractivity contribution in [1.82, 2.24) is 9.55 Å². The van der Waals surface area contributed by atoms with Crippen LogP contribution < -0.4 is 0 Å². The molecule has 4 rings (SSSR count). The van der Waals surface area contributed by atoms with Crippen LogP contribution in [0.3, 0.4) is 0 Å². The highest BCUT2D eigenvalue weighted by molar-refractivity contribution is 7.98. The van der Waals surface area contributed by atoms with Crippen LogP contribution in [0.5, 0.6) is 0 Å². The molecule has 0 spiro atoms. The number of benzene rings is 3. The fraction of sp³-hybridized carbons (Fsp3) is 0.0435. The zero-order chi connectivity index (χ0) is 20.2. The second-order valence-electron chi connectivity index (χ2n) is 6.34. The van der Waals surface area contributed by atoms with Crippen molar-refractivity contribution in [2.45, 2.75) is 10.9 Å². The molecule has 0 aliphatic rings. The topological polar surface area (TPSA) is 41.6 Å². The predicted octanol–water partition coefficient (Wildman–Crippen LogP) is 7.01. The summed E-state index contributed by atoms with van der Waals surface area (Å²) in [4.78, 5) is 4.84. The summed E-state index contributed by atoms with van der Waals surface area (Å²) in [7, 11) is 0. The molecule has 4 aromatic rings. The molecule has 3 aromatic carbocycles. The molecule has 6 heteroatoms. The number of para-hydroxylation sites is 1. The van der Waals surface area contributed by atoms with Crippen molar-refractivity contribution in [3.63, 3.8) is 0 Å². The lowest BCUT2D eigenvalue weighted by atomic mass is 10.2. The average Bonchev–Trinajstić information content (AvgIpc) is 3.17. The van der Waals surface area contributed by atoms with Gasteiger partial charge in [0.25, 0.3) is 0 Å². The summed E-state index contributed by atoms with van der Waals surface area (Å²) in [5.74, 6) is 0.739. The van der Waals surface area contributed by atoms with Gasteiger partial charge in [-0.15, -0.1) is 0 Å². The van der Waals surface area contributed by atoms with Gasteiger partial charge in [-0.2, -0.15) is 5.26 Å². The molecule has 1 aromatic heterocycles. The minimum atomic E-state index is 0.568. The van der Waals surface area contributed by atoms with Crippen molar-refractivity contribution in [2.75, 3.05) is 0 Å². The lowest BCUT2D eigenvalue weighted by molar-refractivity contribution is 0.895. The predicted molar refractivity (Wildman–Crippen MR) is 120 cm³/mol. The standard InChI is InChI=1S/C23H15Cl2N3S/c24-18-10-11-20(21(25)12-18)22-14-28(19-4-2-1-3-5-19)23(27-22)29-15-17-8-6-16(13-26)7-9-17/h1-12,14H,15H2. The fourth-order valence-electron chi connectivity index (χ4n) is 2.89. The highest BCUT2D eigenvalue weighted by Crippen LogP contribution is 2.33. The zero-order valence-electron chi connectivity index (χ0n) is 15.2. The van der Waals surface area contributed by atoms with Crippen LogP contribution in [-0.4, -0.2) is 9.55 Å². The van der Waals surface area contributed by atoms with Crippen LogP contribution in [0.25, 0.3) is 16.9 Å². The van der Waals surface area contributed by atoms with Crippen LogP contribution in [0.15, 0.2) is 84.1 Å². The molecule has 29 heavy (non-hydrogen) atoms. The minimum Gasteiger partial charge on any atom is -0.294 e. The van der Waals surface area contributed by atoms with Gasteiger partial charge in [0.15, 0.2) is 5.16 Å². The van der Waals surface area contributed by atoms with Gasteiger partial charge in [0.2, 0.25) is 0 Å². The quantitative estimate of drug-likeness (QED) is 0.316. The van der Waals surface area contributed by atoms with Gasteiger partial charge >= 0.3 is 0 Å². The monoisotopic (exact) mass is 435 g/mol.